The zero-order valence-corrected chi connectivity index (χ0v) is 16.8. The van der Waals surface area contributed by atoms with Crippen LogP contribution in [0.5, 0.6) is 0 Å². The van der Waals surface area contributed by atoms with Gasteiger partial charge in [0, 0.05) is 24.9 Å². The van der Waals surface area contributed by atoms with Crippen LogP contribution in [0, 0.1) is 25.7 Å². The molecular weight excluding hydrogens is 348 g/mol. The van der Waals surface area contributed by atoms with Crippen LogP contribution in [0.2, 0.25) is 0 Å². The van der Waals surface area contributed by atoms with Gasteiger partial charge in [-0.15, -0.1) is 0 Å². The summed E-state index contributed by atoms with van der Waals surface area (Å²) in [6.07, 6.45) is 3.28. The molecule has 1 aliphatic carbocycles. The largest absolute Gasteiger partial charge is 0.352 e. The standard InChI is InChI=1S/C24H30N2O2/c1-17-8-3-5-10-21(17)15-25-23(27)19-12-7-13-20(14-19)24(28)26-16-22-11-6-4-9-18(22)2/h3-6,8-11,19-20H,7,12-16H2,1-2H3,(H,25,27)(H,26,28). The van der Waals surface area contributed by atoms with Crippen molar-refractivity contribution in [3.8, 4) is 0 Å². The first-order valence-electron chi connectivity index (χ1n) is 10.2. The molecule has 2 aromatic rings. The quantitative estimate of drug-likeness (QED) is 0.797. The molecule has 1 fully saturated rings. The maximum atomic E-state index is 12.6. The van der Waals surface area contributed by atoms with E-state index in [9.17, 15) is 9.59 Å². The van der Waals surface area contributed by atoms with Crippen LogP contribution in [0.4, 0.5) is 0 Å². The molecule has 0 aliphatic heterocycles. The van der Waals surface area contributed by atoms with Gasteiger partial charge in [0.15, 0.2) is 0 Å². The first kappa shape index (κ1) is 20.1. The Morgan fingerprint density at radius 1 is 0.786 bits per heavy atom. The van der Waals surface area contributed by atoms with E-state index >= 15 is 0 Å². The lowest BCUT2D eigenvalue weighted by Gasteiger charge is -2.27. The second-order valence-corrected chi connectivity index (χ2v) is 7.85. The minimum atomic E-state index is -0.0769. The van der Waals surface area contributed by atoms with Crippen molar-refractivity contribution in [1.29, 1.82) is 0 Å². The third kappa shape index (κ3) is 5.22. The van der Waals surface area contributed by atoms with Crippen molar-refractivity contribution in [2.45, 2.75) is 52.6 Å². The second-order valence-electron chi connectivity index (χ2n) is 7.85. The van der Waals surface area contributed by atoms with Crippen LogP contribution in [-0.2, 0) is 22.7 Å². The number of hydrogen-bond acceptors (Lipinski definition) is 2. The Labute approximate surface area is 167 Å². The molecule has 28 heavy (non-hydrogen) atoms. The van der Waals surface area contributed by atoms with Crippen molar-refractivity contribution in [2.24, 2.45) is 11.8 Å². The molecule has 1 saturated carbocycles. The van der Waals surface area contributed by atoms with Gasteiger partial charge in [0.25, 0.3) is 0 Å². The minimum absolute atomic E-state index is 0.0691. The van der Waals surface area contributed by atoms with Crippen LogP contribution in [0.15, 0.2) is 48.5 Å². The lowest BCUT2D eigenvalue weighted by atomic mass is 9.80. The van der Waals surface area contributed by atoms with Gasteiger partial charge >= 0.3 is 0 Å². The van der Waals surface area contributed by atoms with Gasteiger partial charge in [-0.3, -0.25) is 9.59 Å². The molecule has 0 saturated heterocycles. The molecule has 2 aromatic carbocycles. The zero-order chi connectivity index (χ0) is 19.9. The average molecular weight is 379 g/mol. The minimum Gasteiger partial charge on any atom is -0.352 e. The molecule has 3 rings (SSSR count). The van der Waals surface area contributed by atoms with Crippen LogP contribution >= 0.6 is 0 Å². The number of amides is 2. The van der Waals surface area contributed by atoms with Crippen molar-refractivity contribution in [3.63, 3.8) is 0 Å². The number of rotatable bonds is 6. The molecule has 2 amide bonds. The van der Waals surface area contributed by atoms with Gasteiger partial charge in [-0.1, -0.05) is 55.0 Å². The maximum Gasteiger partial charge on any atom is 0.223 e. The summed E-state index contributed by atoms with van der Waals surface area (Å²) in [6.45, 7) is 5.20. The van der Waals surface area contributed by atoms with Gasteiger partial charge < -0.3 is 10.6 Å². The third-order valence-electron chi connectivity index (χ3n) is 5.84. The summed E-state index contributed by atoms with van der Waals surface area (Å²) >= 11 is 0. The van der Waals surface area contributed by atoms with E-state index in [0.29, 0.717) is 19.5 Å². The third-order valence-corrected chi connectivity index (χ3v) is 5.84. The summed E-state index contributed by atoms with van der Waals surface area (Å²) in [5, 5.41) is 6.13. The fourth-order valence-corrected chi connectivity index (χ4v) is 3.94. The Balaban J connectivity index is 1.50. The molecular formula is C24H30N2O2. The molecule has 0 radical (unpaired) electrons. The molecule has 2 N–H and O–H groups in total. The van der Waals surface area contributed by atoms with Gasteiger partial charge in [-0.25, -0.2) is 0 Å². The summed E-state index contributed by atoms with van der Waals surface area (Å²) in [7, 11) is 0. The highest BCUT2D eigenvalue weighted by Gasteiger charge is 2.31. The Kier molecular flexibility index (Phi) is 6.85. The Morgan fingerprint density at radius 3 is 1.64 bits per heavy atom. The Bertz CT molecular complexity index is 763. The highest BCUT2D eigenvalue weighted by molar-refractivity contribution is 5.82. The fourth-order valence-electron chi connectivity index (χ4n) is 3.94. The normalized spacial score (nSPS) is 19.1. The van der Waals surface area contributed by atoms with Crippen molar-refractivity contribution in [3.05, 3.63) is 70.8 Å². The molecule has 4 heteroatoms. The van der Waals surface area contributed by atoms with Crippen LogP contribution in [-0.4, -0.2) is 11.8 Å². The van der Waals surface area contributed by atoms with Crippen molar-refractivity contribution in [2.75, 3.05) is 0 Å². The number of carbonyl (C=O) groups excluding carboxylic acids is 2. The van der Waals surface area contributed by atoms with E-state index in [1.165, 1.54) is 11.1 Å². The van der Waals surface area contributed by atoms with Crippen LogP contribution in [0.25, 0.3) is 0 Å². The van der Waals surface area contributed by atoms with Gasteiger partial charge in [0.05, 0.1) is 0 Å². The predicted molar refractivity (Wildman–Crippen MR) is 111 cm³/mol. The molecule has 2 unspecified atom stereocenters. The van der Waals surface area contributed by atoms with E-state index in [0.717, 1.165) is 30.4 Å². The number of aryl methyl sites for hydroxylation is 2. The van der Waals surface area contributed by atoms with E-state index in [2.05, 4.69) is 36.6 Å². The van der Waals surface area contributed by atoms with E-state index in [4.69, 9.17) is 0 Å². The first-order valence-corrected chi connectivity index (χ1v) is 10.2. The lowest BCUT2D eigenvalue weighted by Crippen LogP contribution is -2.38. The van der Waals surface area contributed by atoms with E-state index in [1.54, 1.807) is 0 Å². The predicted octanol–water partition coefficient (Wildman–Crippen LogP) is 4.04. The molecule has 0 aromatic heterocycles. The van der Waals surface area contributed by atoms with Gasteiger partial charge in [-0.2, -0.15) is 0 Å². The number of benzene rings is 2. The smallest absolute Gasteiger partial charge is 0.223 e. The fraction of sp³-hybridized carbons (Fsp3) is 0.417. The number of nitrogens with one attached hydrogen (secondary N) is 2. The van der Waals surface area contributed by atoms with Crippen molar-refractivity contribution in [1.82, 2.24) is 10.6 Å². The monoisotopic (exact) mass is 378 g/mol. The highest BCUT2D eigenvalue weighted by Crippen LogP contribution is 2.29. The molecule has 148 valence electrons. The van der Waals surface area contributed by atoms with Crippen LogP contribution in [0.1, 0.15) is 47.9 Å². The topological polar surface area (TPSA) is 58.2 Å². The average Bonchev–Trinajstić information content (AvgIpc) is 2.72. The van der Waals surface area contributed by atoms with Gasteiger partial charge in [-0.05, 0) is 55.4 Å². The van der Waals surface area contributed by atoms with E-state index < -0.39 is 0 Å². The molecule has 2 atom stereocenters. The van der Waals surface area contributed by atoms with Gasteiger partial charge in [0.2, 0.25) is 11.8 Å². The van der Waals surface area contributed by atoms with Crippen LogP contribution in [0.3, 0.4) is 0 Å². The lowest BCUT2D eigenvalue weighted by molar-refractivity contribution is -0.130. The molecule has 0 heterocycles. The van der Waals surface area contributed by atoms with Crippen molar-refractivity contribution < 1.29 is 9.59 Å². The molecule has 0 bridgehead atoms. The summed E-state index contributed by atoms with van der Waals surface area (Å²) in [4.78, 5) is 25.3. The molecule has 0 spiro atoms. The summed E-state index contributed by atoms with van der Waals surface area (Å²) in [5.74, 6) is -0.0155. The zero-order valence-electron chi connectivity index (χ0n) is 16.8. The molecule has 1 aliphatic rings. The maximum absolute atomic E-state index is 12.6. The Morgan fingerprint density at radius 2 is 1.21 bits per heavy atom. The highest BCUT2D eigenvalue weighted by atomic mass is 16.2. The van der Waals surface area contributed by atoms with Crippen molar-refractivity contribution >= 4 is 11.8 Å². The molecule has 4 nitrogen and oxygen atoms in total. The van der Waals surface area contributed by atoms with Crippen LogP contribution < -0.4 is 10.6 Å². The number of carbonyl (C=O) groups is 2. The second kappa shape index (κ2) is 9.54. The summed E-state index contributed by atoms with van der Waals surface area (Å²) in [5.41, 5.74) is 4.64. The van der Waals surface area contributed by atoms with Gasteiger partial charge in [0.1, 0.15) is 0 Å². The van der Waals surface area contributed by atoms with E-state index in [-0.39, 0.29) is 23.7 Å². The Hall–Kier alpha value is -2.62. The first-order chi connectivity index (χ1) is 13.5. The summed E-state index contributed by atoms with van der Waals surface area (Å²) < 4.78 is 0. The SMILES string of the molecule is Cc1ccccc1CNC(=O)C1CCCC(C(=O)NCc2ccccc2C)C1. The number of hydrogen-bond donors (Lipinski definition) is 2. The summed E-state index contributed by atoms with van der Waals surface area (Å²) in [6, 6.07) is 16.2. The van der Waals surface area contributed by atoms with E-state index in [1.807, 2.05) is 36.4 Å².